The summed E-state index contributed by atoms with van der Waals surface area (Å²) < 4.78 is 0. The zero-order chi connectivity index (χ0) is 10.9. The maximum atomic E-state index is 10.2. The number of nitrogens with two attached hydrogens (primary N) is 2. The van der Waals surface area contributed by atoms with E-state index in [-0.39, 0.29) is 14.8 Å². The van der Waals surface area contributed by atoms with Gasteiger partial charge < -0.3 is 11.5 Å². The smallest absolute Gasteiger partial charge is 0.231 e. The van der Waals surface area contributed by atoms with Crippen LogP contribution in [0, 0.1) is 0 Å². The Labute approximate surface area is 84.2 Å². The van der Waals surface area contributed by atoms with Crippen LogP contribution in [0.1, 0.15) is 30.5 Å². The molecule has 0 atom stereocenters. The molecule has 4 N–H and O–H groups in total. The maximum absolute atomic E-state index is 10.2. The molecule has 0 bridgehead atoms. The van der Waals surface area contributed by atoms with Crippen molar-refractivity contribution in [2.75, 3.05) is 19.6 Å². The highest BCUT2D eigenvalue weighted by molar-refractivity contribution is 5.76. The predicted octanol–water partition coefficient (Wildman–Crippen LogP) is 0.659. The van der Waals surface area contributed by atoms with Gasteiger partial charge in [0, 0.05) is 22.0 Å². The molecule has 4 nitrogen and oxygen atoms in total. The number of primary amides is 1. The zero-order valence-electron chi connectivity index (χ0n) is 9.21. The lowest BCUT2D eigenvalue weighted by Crippen LogP contribution is -2.57. The fourth-order valence-corrected chi connectivity index (χ4v) is 0.959. The van der Waals surface area contributed by atoms with E-state index in [1.54, 1.807) is 0 Å². The van der Waals surface area contributed by atoms with Crippen molar-refractivity contribution in [1.29, 1.82) is 0 Å². The summed E-state index contributed by atoms with van der Waals surface area (Å²) in [5, 5.41) is 0. The van der Waals surface area contributed by atoms with Crippen molar-refractivity contribution in [3.05, 3.63) is 0 Å². The van der Waals surface area contributed by atoms with Crippen molar-refractivity contribution in [3.63, 3.8) is 0 Å². The molecule has 0 aromatic heterocycles. The van der Waals surface area contributed by atoms with E-state index in [4.69, 9.17) is 11.5 Å². The van der Waals surface area contributed by atoms with Crippen molar-refractivity contribution in [2.24, 2.45) is 11.5 Å². The van der Waals surface area contributed by atoms with E-state index >= 15 is 0 Å². The van der Waals surface area contributed by atoms with Crippen molar-refractivity contribution in [1.82, 2.24) is 4.90 Å². The Hall–Kier alpha value is -0.610. The van der Waals surface area contributed by atoms with Crippen LogP contribution in [-0.2, 0) is 4.79 Å². The molecule has 1 amide bonds. The van der Waals surface area contributed by atoms with E-state index in [9.17, 15) is 4.79 Å². The second kappa shape index (κ2) is 9.48. The molecule has 1 saturated heterocycles. The molecule has 0 radical (unpaired) electrons. The van der Waals surface area contributed by atoms with Crippen LogP contribution in [0.25, 0.3) is 0 Å². The second-order valence-electron chi connectivity index (χ2n) is 2.42. The zero-order valence-corrected chi connectivity index (χ0v) is 9.21. The Balaban J connectivity index is -0.0000000910. The molecule has 1 aliphatic rings. The normalized spacial score (nSPS) is 15.8. The first-order valence-electron chi connectivity index (χ1n) is 4.94. The van der Waals surface area contributed by atoms with E-state index in [2.05, 4.69) is 0 Å². The Morgan fingerprint density at radius 3 is 2.00 bits per heavy atom. The molecule has 0 aromatic carbocycles. The quantitative estimate of drug-likeness (QED) is 0.676. The van der Waals surface area contributed by atoms with Gasteiger partial charge in [0.1, 0.15) is 0 Å². The Morgan fingerprint density at radius 2 is 1.77 bits per heavy atom. The highest BCUT2D eigenvalue weighted by Crippen LogP contribution is 2.02. The molecule has 0 saturated carbocycles. The van der Waals surface area contributed by atoms with Crippen LogP contribution >= 0.6 is 0 Å². The number of carbonyl (C=O) groups excluding carboxylic acids is 1. The third kappa shape index (κ3) is 7.74. The van der Waals surface area contributed by atoms with Crippen LogP contribution in [0.5, 0.6) is 0 Å². The van der Waals surface area contributed by atoms with Crippen LogP contribution in [0.4, 0.5) is 0 Å². The van der Waals surface area contributed by atoms with Gasteiger partial charge in [-0.25, -0.2) is 0 Å². The number of nitrogens with zero attached hydrogens (tertiary/aromatic N) is 1. The average molecular weight is 193 g/mol. The fourth-order valence-electron chi connectivity index (χ4n) is 0.959. The van der Waals surface area contributed by atoms with Crippen LogP contribution in [0.15, 0.2) is 0 Å². The van der Waals surface area contributed by atoms with E-state index in [0.29, 0.717) is 6.54 Å². The third-order valence-corrected chi connectivity index (χ3v) is 1.36. The summed E-state index contributed by atoms with van der Waals surface area (Å²) in [6.45, 7) is 9.97. The number of hydrogen-bond donors (Lipinski definition) is 2. The lowest BCUT2D eigenvalue weighted by atomic mass is 10.1. The molecular weight excluding hydrogens is 166 g/mol. The second-order valence-corrected chi connectivity index (χ2v) is 2.42. The summed E-state index contributed by atoms with van der Waals surface area (Å²) in [6, 6.07) is 0.254. The summed E-state index contributed by atoms with van der Waals surface area (Å²) in [5.41, 5.74) is 10.4. The first-order chi connectivity index (χ1) is 6.18. The molecule has 1 aliphatic heterocycles. The average Bonchev–Trinajstić information content (AvgIpc) is 2.08. The predicted molar refractivity (Wildman–Crippen MR) is 60.5 cm³/mol. The van der Waals surface area contributed by atoms with Gasteiger partial charge in [0.05, 0.1) is 6.54 Å². The van der Waals surface area contributed by atoms with E-state index in [1.165, 1.54) is 0 Å². The highest BCUT2D eigenvalue weighted by Gasteiger charge is 2.23. The third-order valence-electron chi connectivity index (χ3n) is 1.36. The Bertz CT molecular complexity index is 131. The lowest BCUT2D eigenvalue weighted by Gasteiger charge is -2.35. The van der Waals surface area contributed by atoms with Gasteiger partial charge >= 0.3 is 0 Å². The van der Waals surface area contributed by atoms with Crippen LogP contribution in [0.2, 0.25) is 0 Å². The topological polar surface area (TPSA) is 72.4 Å². The minimum absolute atomic E-state index is 0. The summed E-state index contributed by atoms with van der Waals surface area (Å²) >= 11 is 0. The largest absolute Gasteiger partial charge is 0.369 e. The van der Waals surface area contributed by atoms with E-state index in [1.807, 2.05) is 32.6 Å². The Morgan fingerprint density at radius 1 is 1.38 bits per heavy atom. The van der Waals surface area contributed by atoms with Crippen LogP contribution < -0.4 is 11.5 Å². The summed E-state index contributed by atoms with van der Waals surface area (Å²) in [6.07, 6.45) is 0. The number of hydrogen-bond acceptors (Lipinski definition) is 3. The van der Waals surface area contributed by atoms with Crippen LogP contribution in [-0.4, -0.2) is 36.5 Å². The Kier molecular flexibility index (Phi) is 10.9. The van der Waals surface area contributed by atoms with Crippen LogP contribution in [0.3, 0.4) is 0 Å². The van der Waals surface area contributed by atoms with Gasteiger partial charge in [-0.15, -0.1) is 0 Å². The molecule has 1 heterocycles. The molecule has 0 aromatic rings. The summed E-state index contributed by atoms with van der Waals surface area (Å²) in [7, 11) is 0. The number of likely N-dealkylation sites (tertiary alicyclic amines) is 1. The fraction of sp³-hybridized carbons (Fsp3) is 0.889. The van der Waals surface area contributed by atoms with E-state index in [0.717, 1.165) is 13.1 Å². The summed E-state index contributed by atoms with van der Waals surface area (Å²) in [5.74, 6) is -0.276. The first-order valence-corrected chi connectivity index (χ1v) is 4.94. The van der Waals surface area contributed by atoms with Crippen molar-refractivity contribution in [2.45, 2.75) is 33.7 Å². The molecule has 1 rings (SSSR count). The van der Waals surface area contributed by atoms with Gasteiger partial charge in [0.15, 0.2) is 0 Å². The first kappa shape index (κ1) is 14.9. The highest BCUT2D eigenvalue weighted by atomic mass is 16.1. The monoisotopic (exact) mass is 193 g/mol. The van der Waals surface area contributed by atoms with Gasteiger partial charge in [-0.2, -0.15) is 0 Å². The van der Waals surface area contributed by atoms with Gasteiger partial charge in [-0.1, -0.05) is 27.7 Å². The molecule has 84 valence electrons. The molecule has 0 spiro atoms. The number of rotatable bonds is 2. The molecule has 4 heteroatoms. The standard InChI is InChI=1S/C5H11N3O.2C2H6.2H2/c6-4-1-8(2-4)3-5(7)9;2*1-2;;/h4H,1-3,6H2,(H2,7,9);2*1-2H3;2*1H. The maximum Gasteiger partial charge on any atom is 0.231 e. The van der Waals surface area contributed by atoms with Crippen molar-refractivity contribution < 1.29 is 7.65 Å². The SMILES string of the molecule is CC.CC.NC(=O)CN1CC(N)C1.[HH].[HH]. The molecule has 13 heavy (non-hydrogen) atoms. The molecular formula is C9H27N3O. The van der Waals surface area contributed by atoms with Gasteiger partial charge in [0.25, 0.3) is 0 Å². The van der Waals surface area contributed by atoms with Crippen molar-refractivity contribution >= 4 is 5.91 Å². The van der Waals surface area contributed by atoms with Gasteiger partial charge in [-0.3, -0.25) is 9.69 Å². The molecule has 0 unspecified atom stereocenters. The molecule has 0 aliphatic carbocycles. The van der Waals surface area contributed by atoms with Crippen molar-refractivity contribution in [3.8, 4) is 0 Å². The summed E-state index contributed by atoms with van der Waals surface area (Å²) in [4.78, 5) is 12.2. The van der Waals surface area contributed by atoms with Gasteiger partial charge in [0.2, 0.25) is 5.91 Å². The number of amides is 1. The van der Waals surface area contributed by atoms with Gasteiger partial charge in [-0.05, 0) is 0 Å². The molecule has 1 fully saturated rings. The minimum atomic E-state index is -0.276. The van der Waals surface area contributed by atoms with E-state index < -0.39 is 0 Å². The lowest BCUT2D eigenvalue weighted by molar-refractivity contribution is -0.120. The minimum Gasteiger partial charge on any atom is -0.369 e. The number of carbonyl (C=O) groups is 1.